The Morgan fingerprint density at radius 1 is 1.62 bits per heavy atom. The third kappa shape index (κ3) is 1.40. The highest BCUT2D eigenvalue weighted by Gasteiger charge is 2.44. The average Bonchev–Trinajstić information content (AvgIpc) is 2.62. The number of nitrogens with zero attached hydrogens (tertiary/aromatic N) is 1. The Kier molecular flexibility index (Phi) is 2.16. The molecule has 2 heterocycles. The van der Waals surface area contributed by atoms with Gasteiger partial charge in [0, 0.05) is 25.1 Å². The van der Waals surface area contributed by atoms with Gasteiger partial charge in [-0.3, -0.25) is 9.69 Å². The van der Waals surface area contributed by atoms with Crippen LogP contribution < -0.4 is 0 Å². The molecule has 2 rings (SSSR count). The van der Waals surface area contributed by atoms with Crippen molar-refractivity contribution in [2.45, 2.75) is 38.3 Å². The maximum absolute atomic E-state index is 11.2. The minimum Gasteiger partial charge on any atom is -0.377 e. The maximum Gasteiger partial charge on any atom is 0.148 e. The zero-order valence-corrected chi connectivity index (χ0v) is 8.38. The van der Waals surface area contributed by atoms with Crippen LogP contribution in [0.15, 0.2) is 0 Å². The van der Waals surface area contributed by atoms with E-state index < -0.39 is 0 Å². The van der Waals surface area contributed by atoms with E-state index in [1.807, 2.05) is 0 Å². The van der Waals surface area contributed by atoms with Gasteiger partial charge in [-0.15, -0.1) is 0 Å². The molecule has 0 bridgehead atoms. The summed E-state index contributed by atoms with van der Waals surface area (Å²) < 4.78 is 5.56. The van der Waals surface area contributed by atoms with Crippen LogP contribution in [0, 0.1) is 0 Å². The third-order valence-electron chi connectivity index (χ3n) is 3.60. The standard InChI is InChI=1S/C10H17NO2/c1-8-10(2,4-6-13-8)11-5-3-9(12)7-11/h8H,3-7H2,1-2H3. The van der Waals surface area contributed by atoms with Crippen molar-refractivity contribution in [3.05, 3.63) is 0 Å². The van der Waals surface area contributed by atoms with Gasteiger partial charge in [-0.05, 0) is 20.3 Å². The van der Waals surface area contributed by atoms with Crippen molar-refractivity contribution in [3.8, 4) is 0 Å². The normalized spacial score (nSPS) is 41.7. The van der Waals surface area contributed by atoms with Gasteiger partial charge in [0.2, 0.25) is 0 Å². The predicted molar refractivity (Wildman–Crippen MR) is 49.6 cm³/mol. The zero-order chi connectivity index (χ0) is 9.47. The molecule has 0 amide bonds. The zero-order valence-electron chi connectivity index (χ0n) is 8.38. The summed E-state index contributed by atoms with van der Waals surface area (Å²) >= 11 is 0. The molecule has 2 unspecified atom stereocenters. The molecule has 3 heteroatoms. The Morgan fingerprint density at radius 2 is 2.38 bits per heavy atom. The molecule has 0 saturated carbocycles. The first-order chi connectivity index (χ1) is 6.13. The van der Waals surface area contributed by atoms with Gasteiger partial charge in [0.05, 0.1) is 12.6 Å². The molecule has 13 heavy (non-hydrogen) atoms. The SMILES string of the molecule is CC1OCCC1(C)N1CCC(=O)C1. The largest absolute Gasteiger partial charge is 0.377 e. The van der Waals surface area contributed by atoms with Crippen LogP contribution in [0.3, 0.4) is 0 Å². The average molecular weight is 183 g/mol. The molecular formula is C10H17NO2. The topological polar surface area (TPSA) is 29.5 Å². The van der Waals surface area contributed by atoms with Crippen molar-refractivity contribution in [1.82, 2.24) is 4.90 Å². The minimum absolute atomic E-state index is 0.103. The van der Waals surface area contributed by atoms with Gasteiger partial charge in [0.1, 0.15) is 5.78 Å². The number of hydrogen-bond donors (Lipinski definition) is 0. The molecule has 2 aliphatic rings. The van der Waals surface area contributed by atoms with Crippen molar-refractivity contribution in [2.75, 3.05) is 19.7 Å². The molecule has 0 aromatic carbocycles. The molecular weight excluding hydrogens is 166 g/mol. The molecule has 74 valence electrons. The van der Waals surface area contributed by atoms with E-state index in [1.54, 1.807) is 0 Å². The molecule has 2 aliphatic heterocycles. The fourth-order valence-corrected chi connectivity index (χ4v) is 2.31. The number of ether oxygens (including phenoxy) is 1. The number of Topliss-reactive ketones (excluding diaryl/α,β-unsaturated/α-hetero) is 1. The Labute approximate surface area is 79.0 Å². The van der Waals surface area contributed by atoms with Gasteiger partial charge in [0.25, 0.3) is 0 Å². The first kappa shape index (κ1) is 9.16. The van der Waals surface area contributed by atoms with Crippen LogP contribution in [0.1, 0.15) is 26.7 Å². The minimum atomic E-state index is 0.103. The third-order valence-corrected chi connectivity index (χ3v) is 3.60. The lowest BCUT2D eigenvalue weighted by molar-refractivity contribution is -0.117. The maximum atomic E-state index is 11.2. The summed E-state index contributed by atoms with van der Waals surface area (Å²) in [4.78, 5) is 13.5. The molecule has 0 aliphatic carbocycles. The van der Waals surface area contributed by atoms with E-state index in [0.29, 0.717) is 12.3 Å². The van der Waals surface area contributed by atoms with Gasteiger partial charge in [-0.25, -0.2) is 0 Å². The molecule has 0 spiro atoms. The molecule has 0 N–H and O–H groups in total. The van der Waals surface area contributed by atoms with E-state index in [9.17, 15) is 4.79 Å². The Bertz CT molecular complexity index is 229. The predicted octanol–water partition coefficient (Wildman–Crippen LogP) is 0.829. The molecule has 0 aromatic heterocycles. The summed E-state index contributed by atoms with van der Waals surface area (Å²) in [7, 11) is 0. The van der Waals surface area contributed by atoms with Crippen molar-refractivity contribution < 1.29 is 9.53 Å². The molecule has 2 atom stereocenters. The summed E-state index contributed by atoms with van der Waals surface area (Å²) in [5.41, 5.74) is 0.103. The van der Waals surface area contributed by atoms with Crippen LogP contribution in [0.5, 0.6) is 0 Å². The highest BCUT2D eigenvalue weighted by molar-refractivity contribution is 5.82. The van der Waals surface area contributed by atoms with Gasteiger partial charge in [0.15, 0.2) is 0 Å². The van der Waals surface area contributed by atoms with E-state index in [2.05, 4.69) is 18.7 Å². The molecule has 2 fully saturated rings. The van der Waals surface area contributed by atoms with Crippen LogP contribution in [0.4, 0.5) is 0 Å². The van der Waals surface area contributed by atoms with Crippen molar-refractivity contribution >= 4 is 5.78 Å². The number of rotatable bonds is 1. The fraction of sp³-hybridized carbons (Fsp3) is 0.900. The van der Waals surface area contributed by atoms with Crippen LogP contribution in [0.2, 0.25) is 0 Å². The lowest BCUT2D eigenvalue weighted by Gasteiger charge is -2.37. The number of likely N-dealkylation sites (tertiary alicyclic amines) is 1. The van der Waals surface area contributed by atoms with Gasteiger partial charge < -0.3 is 4.74 Å². The first-order valence-electron chi connectivity index (χ1n) is 5.01. The highest BCUT2D eigenvalue weighted by atomic mass is 16.5. The number of ketones is 1. The Balaban J connectivity index is 2.10. The van der Waals surface area contributed by atoms with Gasteiger partial charge in [-0.1, -0.05) is 0 Å². The highest BCUT2D eigenvalue weighted by Crippen LogP contribution is 2.33. The summed E-state index contributed by atoms with van der Waals surface area (Å²) in [5, 5.41) is 0. The molecule has 3 nitrogen and oxygen atoms in total. The van der Waals surface area contributed by atoms with E-state index in [1.165, 1.54) is 0 Å². The Morgan fingerprint density at radius 3 is 2.85 bits per heavy atom. The second kappa shape index (κ2) is 3.07. The number of hydrogen-bond acceptors (Lipinski definition) is 3. The summed E-state index contributed by atoms with van der Waals surface area (Å²) in [6, 6.07) is 0. The van der Waals surface area contributed by atoms with Crippen molar-refractivity contribution in [3.63, 3.8) is 0 Å². The van der Waals surface area contributed by atoms with Crippen molar-refractivity contribution in [1.29, 1.82) is 0 Å². The van der Waals surface area contributed by atoms with E-state index in [-0.39, 0.29) is 11.6 Å². The van der Waals surface area contributed by atoms with Crippen LogP contribution >= 0.6 is 0 Å². The Hall–Kier alpha value is -0.410. The van der Waals surface area contributed by atoms with Gasteiger partial charge in [-0.2, -0.15) is 0 Å². The van der Waals surface area contributed by atoms with E-state index in [0.717, 1.165) is 26.0 Å². The monoisotopic (exact) mass is 183 g/mol. The van der Waals surface area contributed by atoms with Gasteiger partial charge >= 0.3 is 0 Å². The first-order valence-corrected chi connectivity index (χ1v) is 5.01. The number of carbonyl (C=O) groups excluding carboxylic acids is 1. The fourth-order valence-electron chi connectivity index (χ4n) is 2.31. The number of carbonyl (C=O) groups is 1. The molecule has 2 saturated heterocycles. The summed E-state index contributed by atoms with van der Waals surface area (Å²) in [5.74, 6) is 0.375. The molecule has 0 radical (unpaired) electrons. The second-order valence-electron chi connectivity index (χ2n) is 4.33. The van der Waals surface area contributed by atoms with E-state index in [4.69, 9.17) is 4.74 Å². The smallest absolute Gasteiger partial charge is 0.148 e. The van der Waals surface area contributed by atoms with Crippen LogP contribution in [-0.2, 0) is 9.53 Å². The lowest BCUT2D eigenvalue weighted by atomic mass is 9.93. The van der Waals surface area contributed by atoms with Crippen LogP contribution in [0.25, 0.3) is 0 Å². The van der Waals surface area contributed by atoms with Crippen LogP contribution in [-0.4, -0.2) is 42.0 Å². The quantitative estimate of drug-likeness (QED) is 0.603. The second-order valence-corrected chi connectivity index (χ2v) is 4.33. The summed E-state index contributed by atoms with van der Waals surface area (Å²) in [6.07, 6.45) is 2.04. The van der Waals surface area contributed by atoms with Crippen molar-refractivity contribution in [2.24, 2.45) is 0 Å². The lowest BCUT2D eigenvalue weighted by Crippen LogP contribution is -2.49. The van der Waals surface area contributed by atoms with E-state index >= 15 is 0 Å². The molecule has 0 aromatic rings. The summed E-state index contributed by atoms with van der Waals surface area (Å²) in [6.45, 7) is 6.70.